The predicted octanol–water partition coefficient (Wildman–Crippen LogP) is 0.644. The number of nitrogens with two attached hydrogens (primary N) is 1. The van der Waals surface area contributed by atoms with Crippen molar-refractivity contribution in [1.29, 1.82) is 0 Å². The molecular formula is C11H20N2O3S. The molecule has 5 nitrogen and oxygen atoms in total. The fourth-order valence-corrected chi connectivity index (χ4v) is 2.41. The van der Waals surface area contributed by atoms with Crippen molar-refractivity contribution in [1.82, 2.24) is 4.90 Å². The lowest BCUT2D eigenvalue weighted by atomic mass is 10.1. The molecule has 0 saturated heterocycles. The summed E-state index contributed by atoms with van der Waals surface area (Å²) in [6.07, 6.45) is 2.82. The Morgan fingerprint density at radius 2 is 2.18 bits per heavy atom. The molecule has 1 rings (SSSR count). The lowest BCUT2D eigenvalue weighted by Crippen LogP contribution is -2.39. The van der Waals surface area contributed by atoms with Gasteiger partial charge in [-0.1, -0.05) is 0 Å². The van der Waals surface area contributed by atoms with Crippen LogP contribution in [0, 0.1) is 0 Å². The second-order valence-electron chi connectivity index (χ2n) is 4.43. The van der Waals surface area contributed by atoms with Crippen molar-refractivity contribution < 1.29 is 12.8 Å². The Bertz CT molecular complexity index is 426. The predicted molar refractivity (Wildman–Crippen MR) is 67.4 cm³/mol. The van der Waals surface area contributed by atoms with Crippen molar-refractivity contribution >= 4 is 9.84 Å². The Morgan fingerprint density at radius 1 is 1.53 bits per heavy atom. The average Bonchev–Trinajstić information content (AvgIpc) is 2.66. The van der Waals surface area contributed by atoms with Gasteiger partial charge < -0.3 is 10.2 Å². The van der Waals surface area contributed by atoms with E-state index in [2.05, 4.69) is 0 Å². The van der Waals surface area contributed by atoms with E-state index in [1.165, 1.54) is 6.26 Å². The van der Waals surface area contributed by atoms with Crippen LogP contribution in [-0.4, -0.2) is 45.0 Å². The Balaban J connectivity index is 2.72. The zero-order valence-electron chi connectivity index (χ0n) is 10.5. The molecule has 1 aromatic heterocycles. The zero-order chi connectivity index (χ0) is 13.1. The fraction of sp³-hybridized carbons (Fsp3) is 0.636. The lowest BCUT2D eigenvalue weighted by molar-refractivity contribution is 0.201. The third-order valence-corrected chi connectivity index (χ3v) is 3.55. The zero-order valence-corrected chi connectivity index (χ0v) is 11.3. The maximum absolute atomic E-state index is 11.1. The summed E-state index contributed by atoms with van der Waals surface area (Å²) in [4.78, 5) is 1.91. The maximum Gasteiger partial charge on any atom is 0.148 e. The number of hydrogen-bond donors (Lipinski definition) is 1. The van der Waals surface area contributed by atoms with Gasteiger partial charge in [0.05, 0.1) is 18.1 Å². The van der Waals surface area contributed by atoms with Gasteiger partial charge in [-0.25, -0.2) is 8.42 Å². The van der Waals surface area contributed by atoms with E-state index in [9.17, 15) is 8.42 Å². The van der Waals surface area contributed by atoms with E-state index in [4.69, 9.17) is 10.2 Å². The largest absolute Gasteiger partial charge is 0.468 e. The molecule has 0 aliphatic rings. The van der Waals surface area contributed by atoms with Crippen LogP contribution in [-0.2, 0) is 9.84 Å². The van der Waals surface area contributed by atoms with Gasteiger partial charge in [-0.2, -0.15) is 0 Å². The van der Waals surface area contributed by atoms with E-state index >= 15 is 0 Å². The molecule has 2 unspecified atom stereocenters. The maximum atomic E-state index is 11.1. The number of hydrogen-bond acceptors (Lipinski definition) is 5. The summed E-state index contributed by atoms with van der Waals surface area (Å²) in [5, 5.41) is 0. The molecule has 98 valence electrons. The van der Waals surface area contributed by atoms with Crippen LogP contribution in [0.4, 0.5) is 0 Å². The topological polar surface area (TPSA) is 76.5 Å². The minimum absolute atomic E-state index is 0.105. The quantitative estimate of drug-likeness (QED) is 0.812. The highest BCUT2D eigenvalue weighted by atomic mass is 32.2. The van der Waals surface area contributed by atoms with Crippen LogP contribution in [0.2, 0.25) is 0 Å². The summed E-state index contributed by atoms with van der Waals surface area (Å²) >= 11 is 0. The van der Waals surface area contributed by atoms with Crippen LogP contribution in [0.5, 0.6) is 0 Å². The smallest absolute Gasteiger partial charge is 0.148 e. The minimum Gasteiger partial charge on any atom is -0.468 e. The number of rotatable bonds is 6. The average molecular weight is 260 g/mol. The Hall–Kier alpha value is -0.850. The summed E-state index contributed by atoms with van der Waals surface area (Å²) in [6, 6.07) is 3.41. The summed E-state index contributed by atoms with van der Waals surface area (Å²) in [5.74, 6) is 0.879. The fourth-order valence-electron chi connectivity index (χ4n) is 1.79. The number of likely N-dealkylation sites (N-methyl/N-ethyl adjacent to an activating group) is 1. The van der Waals surface area contributed by atoms with E-state index in [1.54, 1.807) is 12.3 Å². The molecule has 0 aliphatic heterocycles. The van der Waals surface area contributed by atoms with Gasteiger partial charge in [0.1, 0.15) is 15.6 Å². The van der Waals surface area contributed by atoms with E-state index < -0.39 is 9.84 Å². The first-order valence-electron chi connectivity index (χ1n) is 5.48. The molecule has 1 aromatic rings. The molecule has 0 saturated carbocycles. The molecule has 0 aromatic carbocycles. The molecule has 0 radical (unpaired) electrons. The molecule has 2 atom stereocenters. The van der Waals surface area contributed by atoms with E-state index in [1.807, 2.05) is 24.9 Å². The molecule has 0 spiro atoms. The van der Waals surface area contributed by atoms with Gasteiger partial charge in [-0.15, -0.1) is 0 Å². The Morgan fingerprint density at radius 3 is 2.59 bits per heavy atom. The summed E-state index contributed by atoms with van der Waals surface area (Å²) in [5.41, 5.74) is 5.92. The molecule has 0 bridgehead atoms. The van der Waals surface area contributed by atoms with Crippen molar-refractivity contribution in [2.45, 2.75) is 19.0 Å². The van der Waals surface area contributed by atoms with Crippen molar-refractivity contribution in [3.8, 4) is 0 Å². The third kappa shape index (κ3) is 4.49. The minimum atomic E-state index is -2.96. The number of furan rings is 1. The summed E-state index contributed by atoms with van der Waals surface area (Å²) in [7, 11) is -1.11. The van der Waals surface area contributed by atoms with Gasteiger partial charge in [0.2, 0.25) is 0 Å². The van der Waals surface area contributed by atoms with E-state index in [0.717, 1.165) is 5.76 Å². The van der Waals surface area contributed by atoms with Crippen LogP contribution in [0.3, 0.4) is 0 Å². The monoisotopic (exact) mass is 260 g/mol. The van der Waals surface area contributed by atoms with E-state index in [-0.39, 0.29) is 17.8 Å². The second kappa shape index (κ2) is 5.66. The first-order chi connectivity index (χ1) is 7.81. The van der Waals surface area contributed by atoms with Gasteiger partial charge in [0.25, 0.3) is 0 Å². The summed E-state index contributed by atoms with van der Waals surface area (Å²) < 4.78 is 27.6. The van der Waals surface area contributed by atoms with Gasteiger partial charge in [-0.3, -0.25) is 4.90 Å². The van der Waals surface area contributed by atoms with Gasteiger partial charge in [0.15, 0.2) is 0 Å². The van der Waals surface area contributed by atoms with Crippen LogP contribution < -0.4 is 5.73 Å². The first kappa shape index (κ1) is 14.2. The Labute approximate surface area is 103 Å². The number of sulfone groups is 1. The van der Waals surface area contributed by atoms with Crippen molar-refractivity contribution in [3.63, 3.8) is 0 Å². The number of nitrogens with zero attached hydrogens (tertiary/aromatic N) is 1. The normalized spacial score (nSPS) is 16.1. The van der Waals surface area contributed by atoms with Crippen LogP contribution in [0.1, 0.15) is 18.7 Å². The molecule has 0 amide bonds. The van der Waals surface area contributed by atoms with Crippen LogP contribution in [0.15, 0.2) is 22.8 Å². The van der Waals surface area contributed by atoms with Crippen molar-refractivity contribution in [2.24, 2.45) is 5.73 Å². The highest BCUT2D eigenvalue weighted by Crippen LogP contribution is 2.22. The third-order valence-electron chi connectivity index (χ3n) is 2.62. The lowest BCUT2D eigenvalue weighted by Gasteiger charge is -2.29. The molecule has 0 aliphatic carbocycles. The van der Waals surface area contributed by atoms with Crippen LogP contribution >= 0.6 is 0 Å². The summed E-state index contributed by atoms with van der Waals surface area (Å²) in [6.45, 7) is 2.32. The second-order valence-corrected chi connectivity index (χ2v) is 6.69. The standard InChI is InChI=1S/C11H20N2O3S/c1-9(12)11(10-5-4-7-16-10)13(2)6-8-17(3,14)15/h4-5,7,9,11H,6,8,12H2,1-3H3. The highest BCUT2D eigenvalue weighted by molar-refractivity contribution is 7.90. The van der Waals surface area contributed by atoms with Crippen molar-refractivity contribution in [3.05, 3.63) is 24.2 Å². The SMILES string of the molecule is CC(N)C(c1ccco1)N(C)CCS(C)(=O)=O. The first-order valence-corrected chi connectivity index (χ1v) is 7.54. The molecule has 1 heterocycles. The highest BCUT2D eigenvalue weighted by Gasteiger charge is 2.24. The molecular weight excluding hydrogens is 240 g/mol. The van der Waals surface area contributed by atoms with Crippen molar-refractivity contribution in [2.75, 3.05) is 25.6 Å². The van der Waals surface area contributed by atoms with E-state index in [0.29, 0.717) is 6.54 Å². The molecule has 6 heteroatoms. The van der Waals surface area contributed by atoms with Gasteiger partial charge in [0, 0.05) is 18.8 Å². The van der Waals surface area contributed by atoms with Gasteiger partial charge >= 0.3 is 0 Å². The van der Waals surface area contributed by atoms with Gasteiger partial charge in [-0.05, 0) is 26.1 Å². The van der Waals surface area contributed by atoms with Crippen LogP contribution in [0.25, 0.3) is 0 Å². The Kier molecular flexibility index (Phi) is 4.73. The molecule has 0 fully saturated rings. The molecule has 2 N–H and O–H groups in total. The molecule has 17 heavy (non-hydrogen) atoms.